The summed E-state index contributed by atoms with van der Waals surface area (Å²) < 4.78 is 5.19. The van der Waals surface area contributed by atoms with E-state index < -0.39 is 0 Å². The minimum Gasteiger partial charge on any atom is -0.383 e. The molecule has 3 heterocycles. The van der Waals surface area contributed by atoms with Crippen LogP contribution in [0.25, 0.3) is 0 Å². The molecule has 172 valence electrons. The molecule has 0 N–H and O–H groups in total. The summed E-state index contributed by atoms with van der Waals surface area (Å²) in [5, 5.41) is 0. The molecule has 1 aromatic heterocycles. The molecule has 1 amide bonds. The number of carbonyl (C=O) groups excluding carboxylic acids is 1. The molecule has 0 spiro atoms. The fourth-order valence-corrected chi connectivity index (χ4v) is 4.84. The SMILES string of the molecule is COCCN1CCN(C(=O)c2ccc(C)nc2C2CCN(Cc3ccccc3)CC2)CC1. The highest BCUT2D eigenvalue weighted by Gasteiger charge is 2.29. The first kappa shape index (κ1) is 22.9. The lowest BCUT2D eigenvalue weighted by Crippen LogP contribution is -2.49. The summed E-state index contributed by atoms with van der Waals surface area (Å²) in [6.07, 6.45) is 2.10. The van der Waals surface area contributed by atoms with Gasteiger partial charge in [-0.15, -0.1) is 0 Å². The van der Waals surface area contributed by atoms with Gasteiger partial charge in [-0.1, -0.05) is 30.3 Å². The van der Waals surface area contributed by atoms with Crippen LogP contribution in [0.4, 0.5) is 0 Å². The third-order valence-electron chi connectivity index (χ3n) is 6.79. The van der Waals surface area contributed by atoms with Gasteiger partial charge in [-0.05, 0) is 50.6 Å². The van der Waals surface area contributed by atoms with E-state index >= 15 is 0 Å². The zero-order chi connectivity index (χ0) is 22.3. The largest absolute Gasteiger partial charge is 0.383 e. The molecule has 0 saturated carbocycles. The van der Waals surface area contributed by atoms with E-state index in [1.54, 1.807) is 7.11 Å². The van der Waals surface area contributed by atoms with Gasteiger partial charge < -0.3 is 9.64 Å². The predicted octanol–water partition coefficient (Wildman–Crippen LogP) is 3.17. The van der Waals surface area contributed by atoms with Crippen LogP contribution in [0, 0.1) is 6.92 Å². The molecular formula is C26H36N4O2. The Labute approximate surface area is 192 Å². The second kappa shape index (κ2) is 11.0. The first-order valence-electron chi connectivity index (χ1n) is 11.9. The van der Waals surface area contributed by atoms with Crippen molar-refractivity contribution in [2.75, 3.05) is 59.5 Å². The van der Waals surface area contributed by atoms with E-state index in [2.05, 4.69) is 40.1 Å². The minimum absolute atomic E-state index is 0.144. The zero-order valence-electron chi connectivity index (χ0n) is 19.5. The lowest BCUT2D eigenvalue weighted by molar-refractivity contribution is 0.0591. The van der Waals surface area contributed by atoms with E-state index in [1.165, 1.54) is 5.56 Å². The number of carbonyl (C=O) groups is 1. The van der Waals surface area contributed by atoms with Crippen molar-refractivity contribution in [2.24, 2.45) is 0 Å². The van der Waals surface area contributed by atoms with Gasteiger partial charge in [0.05, 0.1) is 17.9 Å². The number of amides is 1. The smallest absolute Gasteiger partial charge is 0.255 e. The number of piperidine rings is 1. The van der Waals surface area contributed by atoms with E-state index in [1.807, 2.05) is 24.0 Å². The van der Waals surface area contributed by atoms with Crippen LogP contribution in [0.1, 0.15) is 46.1 Å². The number of aromatic nitrogens is 1. The van der Waals surface area contributed by atoms with Crippen molar-refractivity contribution in [1.82, 2.24) is 19.7 Å². The van der Waals surface area contributed by atoms with Crippen LogP contribution in [-0.4, -0.2) is 85.1 Å². The fourth-order valence-electron chi connectivity index (χ4n) is 4.84. The molecule has 0 aliphatic carbocycles. The Hall–Kier alpha value is -2.28. The molecule has 2 aliphatic rings. The van der Waals surface area contributed by atoms with Crippen molar-refractivity contribution in [2.45, 2.75) is 32.2 Å². The number of hydrogen-bond acceptors (Lipinski definition) is 5. The van der Waals surface area contributed by atoms with E-state index in [-0.39, 0.29) is 5.91 Å². The molecule has 0 bridgehead atoms. The lowest BCUT2D eigenvalue weighted by Gasteiger charge is -2.36. The van der Waals surface area contributed by atoms with Gasteiger partial charge in [0.1, 0.15) is 0 Å². The Morgan fingerprint density at radius 1 is 0.969 bits per heavy atom. The maximum atomic E-state index is 13.4. The van der Waals surface area contributed by atoms with E-state index in [0.717, 1.165) is 88.8 Å². The standard InChI is InChI=1S/C26H36N4O2/c1-21-8-9-24(26(31)30-16-14-28(15-17-30)18-19-32-2)25(27-21)23-10-12-29(13-11-23)20-22-6-4-3-5-7-22/h3-9,23H,10-20H2,1-2H3. The summed E-state index contributed by atoms with van der Waals surface area (Å²) in [5.74, 6) is 0.495. The van der Waals surface area contributed by atoms with Crippen LogP contribution in [0.15, 0.2) is 42.5 Å². The van der Waals surface area contributed by atoms with Crippen LogP contribution >= 0.6 is 0 Å². The molecule has 4 rings (SSSR count). The molecule has 6 heteroatoms. The number of likely N-dealkylation sites (tertiary alicyclic amines) is 1. The third-order valence-corrected chi connectivity index (χ3v) is 6.79. The van der Waals surface area contributed by atoms with Gasteiger partial charge in [-0.25, -0.2) is 0 Å². The van der Waals surface area contributed by atoms with Crippen LogP contribution in [-0.2, 0) is 11.3 Å². The molecule has 32 heavy (non-hydrogen) atoms. The zero-order valence-corrected chi connectivity index (χ0v) is 19.5. The molecule has 2 aliphatic heterocycles. The molecular weight excluding hydrogens is 400 g/mol. The first-order chi connectivity index (χ1) is 15.6. The van der Waals surface area contributed by atoms with E-state index in [9.17, 15) is 4.79 Å². The van der Waals surface area contributed by atoms with Crippen LogP contribution < -0.4 is 0 Å². The highest BCUT2D eigenvalue weighted by Crippen LogP contribution is 2.30. The normalized spacial score (nSPS) is 18.8. The Morgan fingerprint density at radius 2 is 1.69 bits per heavy atom. The van der Waals surface area contributed by atoms with Gasteiger partial charge in [0.2, 0.25) is 0 Å². The highest BCUT2D eigenvalue weighted by molar-refractivity contribution is 5.95. The van der Waals surface area contributed by atoms with Gasteiger partial charge in [0.25, 0.3) is 5.91 Å². The number of piperazine rings is 1. The minimum atomic E-state index is 0.144. The number of rotatable bonds is 7. The summed E-state index contributed by atoms with van der Waals surface area (Å²) in [7, 11) is 1.73. The van der Waals surface area contributed by atoms with E-state index in [4.69, 9.17) is 9.72 Å². The number of ether oxygens (including phenoxy) is 1. The number of methoxy groups -OCH3 is 1. The van der Waals surface area contributed by atoms with Gasteiger partial charge in [-0.2, -0.15) is 0 Å². The average molecular weight is 437 g/mol. The third kappa shape index (κ3) is 5.74. The number of pyridine rings is 1. The number of nitrogens with zero attached hydrogens (tertiary/aromatic N) is 4. The number of benzene rings is 1. The summed E-state index contributed by atoms with van der Waals surface area (Å²) in [5.41, 5.74) is 4.17. The quantitative estimate of drug-likeness (QED) is 0.667. The first-order valence-corrected chi connectivity index (χ1v) is 11.9. The molecule has 0 radical (unpaired) electrons. The molecule has 0 unspecified atom stereocenters. The second-order valence-corrected chi connectivity index (χ2v) is 9.05. The Balaban J connectivity index is 1.39. The predicted molar refractivity (Wildman–Crippen MR) is 127 cm³/mol. The maximum absolute atomic E-state index is 13.4. The Bertz CT molecular complexity index is 873. The van der Waals surface area contributed by atoms with Gasteiger partial charge >= 0.3 is 0 Å². The number of aryl methyl sites for hydroxylation is 1. The topological polar surface area (TPSA) is 48.9 Å². The van der Waals surface area contributed by atoms with Gasteiger partial charge in [0, 0.05) is 58.0 Å². The highest BCUT2D eigenvalue weighted by atomic mass is 16.5. The van der Waals surface area contributed by atoms with Crippen molar-refractivity contribution in [3.63, 3.8) is 0 Å². The average Bonchev–Trinajstić information content (AvgIpc) is 2.84. The van der Waals surface area contributed by atoms with Gasteiger partial charge in [-0.3, -0.25) is 19.6 Å². The second-order valence-electron chi connectivity index (χ2n) is 9.05. The monoisotopic (exact) mass is 436 g/mol. The van der Waals surface area contributed by atoms with Crippen molar-refractivity contribution >= 4 is 5.91 Å². The van der Waals surface area contributed by atoms with Crippen molar-refractivity contribution in [3.8, 4) is 0 Å². The van der Waals surface area contributed by atoms with Gasteiger partial charge in [0.15, 0.2) is 0 Å². The molecule has 2 fully saturated rings. The molecule has 2 saturated heterocycles. The molecule has 1 aromatic carbocycles. The lowest BCUT2D eigenvalue weighted by atomic mass is 9.89. The molecule has 2 aromatic rings. The summed E-state index contributed by atoms with van der Waals surface area (Å²) in [6.45, 7) is 10.1. The van der Waals surface area contributed by atoms with Crippen molar-refractivity contribution in [1.29, 1.82) is 0 Å². The van der Waals surface area contributed by atoms with Crippen LogP contribution in [0.5, 0.6) is 0 Å². The number of hydrogen-bond donors (Lipinski definition) is 0. The van der Waals surface area contributed by atoms with Crippen molar-refractivity contribution in [3.05, 3.63) is 65.0 Å². The summed E-state index contributed by atoms with van der Waals surface area (Å²) in [4.78, 5) is 25.2. The summed E-state index contributed by atoms with van der Waals surface area (Å²) >= 11 is 0. The van der Waals surface area contributed by atoms with Crippen LogP contribution in [0.3, 0.4) is 0 Å². The maximum Gasteiger partial charge on any atom is 0.255 e. The fraction of sp³-hybridized carbons (Fsp3) is 0.538. The van der Waals surface area contributed by atoms with Crippen molar-refractivity contribution < 1.29 is 9.53 Å². The summed E-state index contributed by atoms with van der Waals surface area (Å²) in [6, 6.07) is 14.7. The molecule has 6 nitrogen and oxygen atoms in total. The van der Waals surface area contributed by atoms with Crippen LogP contribution in [0.2, 0.25) is 0 Å². The van der Waals surface area contributed by atoms with E-state index in [0.29, 0.717) is 5.92 Å². The molecule has 0 atom stereocenters. The Kier molecular flexibility index (Phi) is 7.90. The Morgan fingerprint density at radius 3 is 2.38 bits per heavy atom.